The number of nitrogens with one attached hydrogen (secondary N) is 1. The van der Waals surface area contributed by atoms with E-state index in [1.807, 2.05) is 30.0 Å². The van der Waals surface area contributed by atoms with Gasteiger partial charge in [0.05, 0.1) is 0 Å². The second-order valence-corrected chi connectivity index (χ2v) is 5.11. The molecule has 5 nitrogen and oxygen atoms in total. The summed E-state index contributed by atoms with van der Waals surface area (Å²) >= 11 is 0. The molecule has 0 bridgehead atoms. The van der Waals surface area contributed by atoms with E-state index in [9.17, 15) is 14.7 Å². The number of aliphatic carboxylic acids is 1. The number of fused-ring (bicyclic) bond motifs is 1. The molecule has 0 saturated carbocycles. The summed E-state index contributed by atoms with van der Waals surface area (Å²) in [7, 11) is 0. The maximum absolute atomic E-state index is 11.3. The first kappa shape index (κ1) is 14.5. The van der Waals surface area contributed by atoms with Crippen molar-refractivity contribution in [3.05, 3.63) is 29.3 Å². The van der Waals surface area contributed by atoms with Crippen LogP contribution in [0.25, 0.3) is 0 Å². The third-order valence-corrected chi connectivity index (χ3v) is 3.72. The molecule has 0 aromatic heterocycles. The first-order valence-electron chi connectivity index (χ1n) is 6.88. The molecule has 0 radical (unpaired) electrons. The van der Waals surface area contributed by atoms with E-state index in [2.05, 4.69) is 5.32 Å². The highest BCUT2D eigenvalue weighted by Gasteiger charge is 2.28. The molecule has 0 aliphatic carbocycles. The van der Waals surface area contributed by atoms with Crippen LogP contribution in [-0.4, -0.2) is 34.5 Å². The zero-order chi connectivity index (χ0) is 14.7. The average Bonchev–Trinajstić information content (AvgIpc) is 2.38. The van der Waals surface area contributed by atoms with Crippen LogP contribution in [0.2, 0.25) is 0 Å². The minimum absolute atomic E-state index is 0.0854. The van der Waals surface area contributed by atoms with Crippen molar-refractivity contribution in [1.29, 1.82) is 0 Å². The van der Waals surface area contributed by atoms with E-state index in [0.29, 0.717) is 19.5 Å². The van der Waals surface area contributed by atoms with Gasteiger partial charge in [0.2, 0.25) is 5.91 Å². The molecule has 1 atom stereocenters. The SMILES string of the molecule is CC[C@H](C(=O)O)N1CCc2c(cccc2NC(C)=O)C1. The van der Waals surface area contributed by atoms with Crippen LogP contribution in [0, 0.1) is 0 Å². The van der Waals surface area contributed by atoms with Gasteiger partial charge in [-0.15, -0.1) is 0 Å². The lowest BCUT2D eigenvalue weighted by molar-refractivity contribution is -0.143. The largest absolute Gasteiger partial charge is 0.480 e. The van der Waals surface area contributed by atoms with Gasteiger partial charge < -0.3 is 10.4 Å². The van der Waals surface area contributed by atoms with E-state index in [1.54, 1.807) is 0 Å². The van der Waals surface area contributed by atoms with Gasteiger partial charge in [-0.05, 0) is 30.0 Å². The minimum atomic E-state index is -0.769. The molecule has 1 amide bonds. The number of carbonyl (C=O) groups is 2. The zero-order valence-electron chi connectivity index (χ0n) is 11.8. The van der Waals surface area contributed by atoms with E-state index in [0.717, 1.165) is 23.2 Å². The highest BCUT2D eigenvalue weighted by Crippen LogP contribution is 2.27. The highest BCUT2D eigenvalue weighted by atomic mass is 16.4. The van der Waals surface area contributed by atoms with Crippen molar-refractivity contribution in [3.8, 4) is 0 Å². The molecule has 1 heterocycles. The van der Waals surface area contributed by atoms with Crippen LogP contribution >= 0.6 is 0 Å². The Hall–Kier alpha value is -1.88. The van der Waals surface area contributed by atoms with Crippen LogP contribution in [0.3, 0.4) is 0 Å². The second kappa shape index (κ2) is 6.05. The lowest BCUT2D eigenvalue weighted by Gasteiger charge is -2.33. The lowest BCUT2D eigenvalue weighted by Crippen LogP contribution is -2.43. The first-order valence-corrected chi connectivity index (χ1v) is 6.88. The molecule has 20 heavy (non-hydrogen) atoms. The molecule has 0 fully saturated rings. The smallest absolute Gasteiger partial charge is 0.320 e. The monoisotopic (exact) mass is 276 g/mol. The minimum Gasteiger partial charge on any atom is -0.480 e. The maximum Gasteiger partial charge on any atom is 0.320 e. The third kappa shape index (κ3) is 2.99. The summed E-state index contributed by atoms with van der Waals surface area (Å²) in [5.41, 5.74) is 3.07. The number of rotatable bonds is 4. The van der Waals surface area contributed by atoms with Gasteiger partial charge in [-0.25, -0.2) is 0 Å². The summed E-state index contributed by atoms with van der Waals surface area (Å²) in [4.78, 5) is 24.5. The highest BCUT2D eigenvalue weighted by molar-refractivity contribution is 5.89. The second-order valence-electron chi connectivity index (χ2n) is 5.11. The quantitative estimate of drug-likeness (QED) is 0.880. The number of carboxylic acids is 1. The van der Waals surface area contributed by atoms with Gasteiger partial charge in [0.15, 0.2) is 0 Å². The number of benzene rings is 1. The number of hydrogen-bond donors (Lipinski definition) is 2. The van der Waals surface area contributed by atoms with E-state index in [-0.39, 0.29) is 5.91 Å². The average molecular weight is 276 g/mol. The van der Waals surface area contributed by atoms with E-state index < -0.39 is 12.0 Å². The Morgan fingerprint density at radius 1 is 1.45 bits per heavy atom. The van der Waals surface area contributed by atoms with Crippen molar-refractivity contribution in [2.45, 2.75) is 39.3 Å². The third-order valence-electron chi connectivity index (χ3n) is 3.72. The molecule has 1 aliphatic rings. The van der Waals surface area contributed by atoms with Gasteiger partial charge in [-0.2, -0.15) is 0 Å². The molecular formula is C15H20N2O3. The maximum atomic E-state index is 11.3. The summed E-state index contributed by atoms with van der Waals surface area (Å²) in [5.74, 6) is -0.855. The van der Waals surface area contributed by atoms with Gasteiger partial charge in [0, 0.05) is 25.7 Å². The fourth-order valence-corrected chi connectivity index (χ4v) is 2.79. The van der Waals surface area contributed by atoms with Crippen LogP contribution in [-0.2, 0) is 22.6 Å². The normalized spacial score (nSPS) is 16.3. The lowest BCUT2D eigenvalue weighted by atomic mass is 9.96. The van der Waals surface area contributed by atoms with Crippen LogP contribution in [0.1, 0.15) is 31.4 Å². The van der Waals surface area contributed by atoms with Gasteiger partial charge >= 0.3 is 5.97 Å². The van der Waals surface area contributed by atoms with E-state index in [4.69, 9.17) is 0 Å². The molecule has 5 heteroatoms. The fourth-order valence-electron chi connectivity index (χ4n) is 2.79. The topological polar surface area (TPSA) is 69.6 Å². The number of amides is 1. The van der Waals surface area contributed by atoms with Crippen LogP contribution in [0.5, 0.6) is 0 Å². The molecule has 1 aromatic rings. The predicted molar refractivity (Wildman–Crippen MR) is 76.6 cm³/mol. The number of anilines is 1. The standard InChI is InChI=1S/C15H20N2O3/c1-3-14(15(19)20)17-8-7-12-11(9-17)5-4-6-13(12)16-10(2)18/h4-6,14H,3,7-9H2,1-2H3,(H,16,18)(H,19,20)/t14-/m1/s1. The number of carboxylic acid groups (broad SMARTS) is 1. The Bertz CT molecular complexity index is 528. The van der Waals surface area contributed by atoms with Gasteiger partial charge in [-0.1, -0.05) is 19.1 Å². The van der Waals surface area contributed by atoms with E-state index >= 15 is 0 Å². The summed E-state index contributed by atoms with van der Waals surface area (Å²) < 4.78 is 0. The molecule has 2 N–H and O–H groups in total. The first-order chi connectivity index (χ1) is 9.52. The van der Waals surface area contributed by atoms with Crippen LogP contribution in [0.15, 0.2) is 18.2 Å². The molecule has 0 saturated heterocycles. The summed E-state index contributed by atoms with van der Waals surface area (Å²) in [6.45, 7) is 4.70. The van der Waals surface area contributed by atoms with Crippen molar-refractivity contribution >= 4 is 17.6 Å². The Morgan fingerprint density at radius 3 is 2.80 bits per heavy atom. The summed E-state index contributed by atoms with van der Waals surface area (Å²) in [5, 5.41) is 12.1. The summed E-state index contributed by atoms with van der Waals surface area (Å²) in [6.07, 6.45) is 1.35. The Morgan fingerprint density at radius 2 is 2.20 bits per heavy atom. The van der Waals surface area contributed by atoms with Crippen LogP contribution < -0.4 is 5.32 Å². The van der Waals surface area contributed by atoms with Crippen molar-refractivity contribution < 1.29 is 14.7 Å². The van der Waals surface area contributed by atoms with Crippen molar-refractivity contribution in [2.75, 3.05) is 11.9 Å². The fraction of sp³-hybridized carbons (Fsp3) is 0.467. The molecule has 1 aromatic carbocycles. The predicted octanol–water partition coefficient (Wildman–Crippen LogP) is 1.87. The van der Waals surface area contributed by atoms with Crippen molar-refractivity contribution in [1.82, 2.24) is 4.90 Å². The Balaban J connectivity index is 2.23. The molecule has 108 valence electrons. The Labute approximate surface area is 118 Å². The Kier molecular flexibility index (Phi) is 4.39. The molecule has 0 unspecified atom stereocenters. The van der Waals surface area contributed by atoms with Gasteiger partial charge in [0.25, 0.3) is 0 Å². The van der Waals surface area contributed by atoms with Crippen molar-refractivity contribution in [2.24, 2.45) is 0 Å². The molecule has 1 aliphatic heterocycles. The van der Waals surface area contributed by atoms with Crippen LogP contribution in [0.4, 0.5) is 5.69 Å². The summed E-state index contributed by atoms with van der Waals surface area (Å²) in [6, 6.07) is 5.36. The molecular weight excluding hydrogens is 256 g/mol. The van der Waals surface area contributed by atoms with Gasteiger partial charge in [-0.3, -0.25) is 14.5 Å². The van der Waals surface area contributed by atoms with Gasteiger partial charge in [0.1, 0.15) is 6.04 Å². The molecule has 2 rings (SSSR count). The number of nitrogens with zero attached hydrogens (tertiary/aromatic N) is 1. The number of carbonyl (C=O) groups excluding carboxylic acids is 1. The van der Waals surface area contributed by atoms with Crippen molar-refractivity contribution in [3.63, 3.8) is 0 Å². The molecule has 0 spiro atoms. The number of hydrogen-bond acceptors (Lipinski definition) is 3. The van der Waals surface area contributed by atoms with E-state index in [1.165, 1.54) is 6.92 Å². The zero-order valence-corrected chi connectivity index (χ0v) is 11.8.